The number of aryl methyl sites for hydroxylation is 2. The summed E-state index contributed by atoms with van der Waals surface area (Å²) in [6.07, 6.45) is 1.98. The average molecular weight is 268 g/mol. The second-order valence-corrected chi connectivity index (χ2v) is 4.54. The molecule has 0 fully saturated rings. The second-order valence-electron chi connectivity index (χ2n) is 4.54. The van der Waals surface area contributed by atoms with Crippen LogP contribution in [0.3, 0.4) is 0 Å². The number of anilines is 1. The third-order valence-corrected chi connectivity index (χ3v) is 3.06. The molecule has 0 radical (unpaired) electrons. The van der Waals surface area contributed by atoms with E-state index in [1.165, 1.54) is 17.3 Å². The molecule has 0 aliphatic carbocycles. The Morgan fingerprint density at radius 1 is 1.30 bits per heavy atom. The number of ether oxygens (including phenoxy) is 1. The maximum atomic E-state index is 8.75. The summed E-state index contributed by atoms with van der Waals surface area (Å²) in [6.45, 7) is 4.58. The number of nitrogen functional groups attached to an aromatic ring is 1. The summed E-state index contributed by atoms with van der Waals surface area (Å²) in [4.78, 5) is 8.15. The van der Waals surface area contributed by atoms with Crippen molar-refractivity contribution < 1.29 is 4.74 Å². The zero-order valence-corrected chi connectivity index (χ0v) is 11.6. The van der Waals surface area contributed by atoms with E-state index < -0.39 is 0 Å². The minimum Gasteiger partial charge on any atom is -0.493 e. The van der Waals surface area contributed by atoms with Crippen molar-refractivity contribution in [2.45, 2.75) is 20.3 Å². The fourth-order valence-corrected chi connectivity index (χ4v) is 1.70. The van der Waals surface area contributed by atoms with E-state index in [4.69, 9.17) is 15.7 Å². The molecule has 1 aromatic carbocycles. The van der Waals surface area contributed by atoms with Gasteiger partial charge < -0.3 is 10.5 Å². The van der Waals surface area contributed by atoms with E-state index in [9.17, 15) is 0 Å². The van der Waals surface area contributed by atoms with E-state index in [2.05, 4.69) is 16.9 Å². The largest absolute Gasteiger partial charge is 0.493 e. The number of hydrogen-bond acceptors (Lipinski definition) is 5. The zero-order chi connectivity index (χ0) is 14.5. The average Bonchev–Trinajstić information content (AvgIpc) is 2.43. The number of nitrogens with zero attached hydrogens (tertiary/aromatic N) is 3. The number of hydrogen-bond donors (Lipinski definition) is 1. The molecule has 0 spiro atoms. The number of rotatable bonds is 4. The topological polar surface area (TPSA) is 84.8 Å². The lowest BCUT2D eigenvalue weighted by atomic mass is 10.1. The molecule has 0 saturated heterocycles. The molecule has 5 heteroatoms. The monoisotopic (exact) mass is 268 g/mol. The summed E-state index contributed by atoms with van der Waals surface area (Å²) < 4.78 is 5.66. The number of aromatic nitrogens is 2. The first-order chi connectivity index (χ1) is 9.60. The minimum absolute atomic E-state index is 0.212. The van der Waals surface area contributed by atoms with Crippen LogP contribution >= 0.6 is 0 Å². The number of nitriles is 1. The smallest absolute Gasteiger partial charge is 0.145 e. The van der Waals surface area contributed by atoms with Gasteiger partial charge in [0, 0.05) is 6.42 Å². The molecule has 0 unspecified atom stereocenters. The molecular formula is C15H16N4O. The fourth-order valence-electron chi connectivity index (χ4n) is 1.70. The molecule has 2 N–H and O–H groups in total. The lowest BCUT2D eigenvalue weighted by Crippen LogP contribution is -2.07. The normalized spacial score (nSPS) is 10.1. The molecule has 1 heterocycles. The van der Waals surface area contributed by atoms with Crippen molar-refractivity contribution in [3.8, 4) is 11.8 Å². The highest BCUT2D eigenvalue weighted by atomic mass is 16.5. The molecule has 0 atom stereocenters. The molecule has 0 bridgehead atoms. The number of benzene rings is 1. The van der Waals surface area contributed by atoms with E-state index in [0.29, 0.717) is 24.4 Å². The van der Waals surface area contributed by atoms with Crippen molar-refractivity contribution in [1.29, 1.82) is 5.26 Å². The predicted molar refractivity (Wildman–Crippen MR) is 76.3 cm³/mol. The Morgan fingerprint density at radius 2 is 2.10 bits per heavy atom. The Labute approximate surface area is 118 Å². The highest BCUT2D eigenvalue weighted by Gasteiger charge is 2.04. The van der Waals surface area contributed by atoms with Crippen molar-refractivity contribution in [2.24, 2.45) is 0 Å². The van der Waals surface area contributed by atoms with Gasteiger partial charge in [0.2, 0.25) is 0 Å². The van der Waals surface area contributed by atoms with E-state index in [1.54, 1.807) is 0 Å². The quantitative estimate of drug-likeness (QED) is 0.918. The summed E-state index contributed by atoms with van der Waals surface area (Å²) in [5.74, 6) is 1.61. The molecule has 1 aromatic heterocycles. The van der Waals surface area contributed by atoms with Gasteiger partial charge in [-0.05, 0) is 37.1 Å². The first-order valence-electron chi connectivity index (χ1n) is 6.31. The van der Waals surface area contributed by atoms with Gasteiger partial charge in [-0.2, -0.15) is 5.26 Å². The van der Waals surface area contributed by atoms with Gasteiger partial charge in [0.1, 0.15) is 29.0 Å². The van der Waals surface area contributed by atoms with Gasteiger partial charge in [-0.3, -0.25) is 0 Å². The molecule has 20 heavy (non-hydrogen) atoms. The molecule has 2 aromatic rings. The van der Waals surface area contributed by atoms with Crippen molar-refractivity contribution >= 4 is 5.82 Å². The van der Waals surface area contributed by atoms with Crippen molar-refractivity contribution in [1.82, 2.24) is 9.97 Å². The van der Waals surface area contributed by atoms with Crippen LogP contribution in [-0.2, 0) is 6.42 Å². The Balaban J connectivity index is 1.94. The molecule has 0 aliphatic heterocycles. The van der Waals surface area contributed by atoms with Gasteiger partial charge in [0.05, 0.1) is 12.8 Å². The Kier molecular flexibility index (Phi) is 4.16. The highest BCUT2D eigenvalue weighted by Crippen LogP contribution is 2.16. The zero-order valence-electron chi connectivity index (χ0n) is 11.6. The summed E-state index contributed by atoms with van der Waals surface area (Å²) in [5.41, 5.74) is 8.36. The molecule has 0 saturated carbocycles. The van der Waals surface area contributed by atoms with Gasteiger partial charge in [-0.1, -0.05) is 6.07 Å². The van der Waals surface area contributed by atoms with Crippen molar-refractivity contribution in [2.75, 3.05) is 12.3 Å². The Morgan fingerprint density at radius 3 is 2.75 bits per heavy atom. The molecular weight excluding hydrogens is 252 g/mol. The highest BCUT2D eigenvalue weighted by molar-refractivity contribution is 5.46. The predicted octanol–water partition coefficient (Wildman–Crippen LogP) is 2.17. The van der Waals surface area contributed by atoms with Gasteiger partial charge in [0.15, 0.2) is 0 Å². The summed E-state index contributed by atoms with van der Waals surface area (Å²) in [6, 6.07) is 7.91. The SMILES string of the molecule is Cc1ccc(OCCc2ncc(C#N)c(N)n2)cc1C. The first-order valence-corrected chi connectivity index (χ1v) is 6.31. The van der Waals surface area contributed by atoms with Gasteiger partial charge >= 0.3 is 0 Å². The van der Waals surface area contributed by atoms with Crippen LogP contribution in [0.25, 0.3) is 0 Å². The maximum Gasteiger partial charge on any atom is 0.145 e. The van der Waals surface area contributed by atoms with Gasteiger partial charge in [-0.15, -0.1) is 0 Å². The fraction of sp³-hybridized carbons (Fsp3) is 0.267. The van der Waals surface area contributed by atoms with Crippen LogP contribution < -0.4 is 10.5 Å². The maximum absolute atomic E-state index is 8.75. The lowest BCUT2D eigenvalue weighted by molar-refractivity contribution is 0.318. The minimum atomic E-state index is 0.212. The molecule has 2 rings (SSSR count). The first kappa shape index (κ1) is 13.8. The van der Waals surface area contributed by atoms with Crippen molar-refractivity contribution in [3.05, 3.63) is 46.9 Å². The molecule has 5 nitrogen and oxygen atoms in total. The van der Waals surface area contributed by atoms with Crippen LogP contribution in [-0.4, -0.2) is 16.6 Å². The van der Waals surface area contributed by atoms with E-state index in [0.717, 1.165) is 5.75 Å². The van der Waals surface area contributed by atoms with Crippen molar-refractivity contribution in [3.63, 3.8) is 0 Å². The Hall–Kier alpha value is -2.61. The molecule has 0 amide bonds. The van der Waals surface area contributed by atoms with Gasteiger partial charge in [-0.25, -0.2) is 9.97 Å². The van der Waals surface area contributed by atoms with E-state index in [-0.39, 0.29) is 5.82 Å². The molecule has 102 valence electrons. The van der Waals surface area contributed by atoms with Crippen LogP contribution in [0.4, 0.5) is 5.82 Å². The lowest BCUT2D eigenvalue weighted by Gasteiger charge is -2.08. The number of nitrogens with two attached hydrogens (primary N) is 1. The van der Waals surface area contributed by atoms with Crippen LogP contribution in [0.2, 0.25) is 0 Å². The molecule has 0 aliphatic rings. The summed E-state index contributed by atoms with van der Waals surface area (Å²) in [7, 11) is 0. The van der Waals surface area contributed by atoms with Crippen LogP contribution in [0, 0.1) is 25.2 Å². The Bertz CT molecular complexity index is 661. The van der Waals surface area contributed by atoms with Crippen LogP contribution in [0.1, 0.15) is 22.5 Å². The standard InChI is InChI=1S/C15H16N4O/c1-10-3-4-13(7-11(10)2)20-6-5-14-18-9-12(8-16)15(17)19-14/h3-4,7,9H,5-6H2,1-2H3,(H2,17,18,19). The second kappa shape index (κ2) is 6.02. The third-order valence-electron chi connectivity index (χ3n) is 3.06. The summed E-state index contributed by atoms with van der Waals surface area (Å²) in [5, 5.41) is 8.75. The van der Waals surface area contributed by atoms with Gasteiger partial charge in [0.25, 0.3) is 0 Å². The third kappa shape index (κ3) is 3.23. The summed E-state index contributed by atoms with van der Waals surface area (Å²) >= 11 is 0. The van der Waals surface area contributed by atoms with Crippen LogP contribution in [0.15, 0.2) is 24.4 Å². The van der Waals surface area contributed by atoms with E-state index >= 15 is 0 Å². The van der Waals surface area contributed by atoms with Crippen LogP contribution in [0.5, 0.6) is 5.75 Å². The van der Waals surface area contributed by atoms with E-state index in [1.807, 2.05) is 31.2 Å².